The number of aromatic amines is 1. The van der Waals surface area contributed by atoms with Crippen LogP contribution in [0.3, 0.4) is 0 Å². The van der Waals surface area contributed by atoms with Crippen LogP contribution in [0.1, 0.15) is 21.7 Å². The average molecular weight is 362 g/mol. The van der Waals surface area contributed by atoms with Crippen molar-refractivity contribution in [2.24, 2.45) is 0 Å². The Kier molecular flexibility index (Phi) is 5.39. The highest BCUT2D eigenvalue weighted by Crippen LogP contribution is 2.23. The van der Waals surface area contributed by atoms with Crippen molar-refractivity contribution in [2.45, 2.75) is 6.61 Å². The van der Waals surface area contributed by atoms with Gasteiger partial charge in [-0.15, -0.1) is 10.2 Å². The minimum atomic E-state index is -0.636. The van der Waals surface area contributed by atoms with E-state index in [1.807, 2.05) is 36.4 Å². The fourth-order valence-corrected chi connectivity index (χ4v) is 2.17. The molecule has 0 amide bonds. The summed E-state index contributed by atoms with van der Waals surface area (Å²) in [5.41, 5.74) is 1.50. The number of hydrogen-bond donors (Lipinski definition) is 3. The van der Waals surface area contributed by atoms with Crippen LogP contribution in [0.25, 0.3) is 5.57 Å². The summed E-state index contributed by atoms with van der Waals surface area (Å²) in [7, 11) is 0. The Morgan fingerprint density at radius 1 is 1.30 bits per heavy atom. The van der Waals surface area contributed by atoms with Gasteiger partial charge in [-0.1, -0.05) is 30.3 Å². The summed E-state index contributed by atoms with van der Waals surface area (Å²) in [4.78, 5) is 12.1. The zero-order chi connectivity index (χ0) is 19.1. The van der Waals surface area contributed by atoms with Crippen LogP contribution in [0.4, 0.5) is 5.69 Å². The van der Waals surface area contributed by atoms with Crippen LogP contribution in [0.2, 0.25) is 0 Å². The first-order valence-corrected chi connectivity index (χ1v) is 7.82. The Bertz CT molecular complexity index is 994. The number of esters is 1. The summed E-state index contributed by atoms with van der Waals surface area (Å²) in [5.74, 6) is -0.747. The van der Waals surface area contributed by atoms with Crippen molar-refractivity contribution in [1.29, 1.82) is 5.26 Å². The second-order valence-corrected chi connectivity index (χ2v) is 5.34. The van der Waals surface area contributed by atoms with Crippen molar-refractivity contribution in [3.05, 3.63) is 71.7 Å². The second-order valence-electron chi connectivity index (χ2n) is 5.34. The van der Waals surface area contributed by atoms with Crippen molar-refractivity contribution >= 4 is 17.2 Å². The molecule has 1 heterocycles. The van der Waals surface area contributed by atoms with E-state index in [0.29, 0.717) is 5.69 Å². The lowest BCUT2D eigenvalue weighted by Gasteiger charge is -2.08. The number of phenolic OH excluding ortho intramolecular Hbond substituents is 1. The largest absolute Gasteiger partial charge is 0.507 e. The highest BCUT2D eigenvalue weighted by atomic mass is 16.5. The number of hydrogen-bond acceptors (Lipinski definition) is 8. The number of benzene rings is 2. The van der Waals surface area contributed by atoms with E-state index in [1.165, 1.54) is 18.3 Å². The molecule has 27 heavy (non-hydrogen) atoms. The van der Waals surface area contributed by atoms with Gasteiger partial charge in [-0.25, -0.2) is 4.79 Å². The first kappa shape index (κ1) is 17.6. The Labute approximate surface area is 153 Å². The number of carbonyl (C=O) groups is 1. The van der Waals surface area contributed by atoms with Gasteiger partial charge < -0.3 is 15.2 Å². The lowest BCUT2D eigenvalue weighted by atomic mass is 10.1. The normalized spacial score (nSPS) is 10.9. The summed E-state index contributed by atoms with van der Waals surface area (Å²) < 4.78 is 5.20. The van der Waals surface area contributed by atoms with E-state index < -0.39 is 5.97 Å². The molecule has 0 unspecified atom stereocenters. The summed E-state index contributed by atoms with van der Waals surface area (Å²) in [5, 5.41) is 35.1. The molecule has 3 N–H and O–H groups in total. The third-order valence-corrected chi connectivity index (χ3v) is 3.52. The van der Waals surface area contributed by atoms with Gasteiger partial charge >= 0.3 is 5.97 Å². The molecule has 0 radical (unpaired) electrons. The number of phenols is 1. The maximum absolute atomic E-state index is 12.1. The van der Waals surface area contributed by atoms with E-state index in [4.69, 9.17) is 10.00 Å². The number of rotatable bonds is 6. The van der Waals surface area contributed by atoms with E-state index in [9.17, 15) is 9.90 Å². The van der Waals surface area contributed by atoms with Gasteiger partial charge in [0.1, 0.15) is 29.6 Å². The molecule has 3 rings (SSSR count). The highest BCUT2D eigenvalue weighted by Gasteiger charge is 2.13. The van der Waals surface area contributed by atoms with Crippen molar-refractivity contribution in [2.75, 3.05) is 5.32 Å². The number of aromatic hydroxyl groups is 1. The fraction of sp³-hybridized carbons (Fsp3) is 0.0556. The zero-order valence-electron chi connectivity index (χ0n) is 14.0. The molecule has 0 atom stereocenters. The molecule has 0 saturated heterocycles. The number of anilines is 1. The molecule has 3 aromatic rings. The molecule has 0 aliphatic carbocycles. The molecule has 9 nitrogen and oxygen atoms in total. The molecule has 0 spiro atoms. The van der Waals surface area contributed by atoms with E-state index in [2.05, 4.69) is 25.9 Å². The van der Waals surface area contributed by atoms with E-state index in [0.717, 1.165) is 5.56 Å². The van der Waals surface area contributed by atoms with Crippen LogP contribution in [0, 0.1) is 11.3 Å². The Morgan fingerprint density at radius 2 is 2.11 bits per heavy atom. The molecule has 0 aliphatic heterocycles. The fourth-order valence-electron chi connectivity index (χ4n) is 2.17. The lowest BCUT2D eigenvalue weighted by Crippen LogP contribution is -2.06. The number of aromatic nitrogens is 4. The number of tetrazole rings is 1. The third kappa shape index (κ3) is 4.46. The number of H-pyrrole nitrogens is 1. The first-order chi connectivity index (χ1) is 13.2. The summed E-state index contributed by atoms with van der Waals surface area (Å²) >= 11 is 0. The first-order valence-electron chi connectivity index (χ1n) is 7.82. The Balaban J connectivity index is 1.66. The molecule has 1 aromatic heterocycles. The molecule has 2 aromatic carbocycles. The topological polar surface area (TPSA) is 137 Å². The third-order valence-electron chi connectivity index (χ3n) is 3.52. The predicted octanol–water partition coefficient (Wildman–Crippen LogP) is 2.24. The van der Waals surface area contributed by atoms with E-state index in [1.54, 1.807) is 6.07 Å². The summed E-state index contributed by atoms with van der Waals surface area (Å²) in [6, 6.07) is 15.5. The van der Waals surface area contributed by atoms with Gasteiger partial charge in [0.25, 0.3) is 0 Å². The number of carbonyl (C=O) groups excluding carboxylic acids is 1. The van der Waals surface area contributed by atoms with Gasteiger partial charge in [0.15, 0.2) is 0 Å². The van der Waals surface area contributed by atoms with Crippen LogP contribution in [0.5, 0.6) is 5.75 Å². The number of nitriles is 1. The molecule has 0 saturated carbocycles. The molecule has 0 aliphatic rings. The number of nitrogens with one attached hydrogen (secondary N) is 2. The van der Waals surface area contributed by atoms with Gasteiger partial charge in [-0.3, -0.25) is 0 Å². The van der Waals surface area contributed by atoms with Crippen molar-refractivity contribution in [3.63, 3.8) is 0 Å². The lowest BCUT2D eigenvalue weighted by molar-refractivity contribution is 0.0469. The smallest absolute Gasteiger partial charge is 0.342 e. The maximum Gasteiger partial charge on any atom is 0.342 e. The molecule has 134 valence electrons. The Morgan fingerprint density at radius 3 is 2.78 bits per heavy atom. The second kappa shape index (κ2) is 8.26. The van der Waals surface area contributed by atoms with Crippen LogP contribution in [-0.4, -0.2) is 31.7 Å². The maximum atomic E-state index is 12.1. The van der Waals surface area contributed by atoms with Crippen LogP contribution in [-0.2, 0) is 11.3 Å². The summed E-state index contributed by atoms with van der Waals surface area (Å²) in [6.45, 7) is 0.109. The molecular weight excluding hydrogens is 348 g/mol. The van der Waals surface area contributed by atoms with Crippen molar-refractivity contribution in [1.82, 2.24) is 20.6 Å². The zero-order valence-corrected chi connectivity index (χ0v) is 14.0. The monoisotopic (exact) mass is 362 g/mol. The van der Waals surface area contributed by atoms with Gasteiger partial charge in [0.05, 0.1) is 0 Å². The quantitative estimate of drug-likeness (QED) is 0.448. The van der Waals surface area contributed by atoms with Gasteiger partial charge in [0.2, 0.25) is 5.82 Å². The minimum absolute atomic E-state index is 0.0409. The van der Waals surface area contributed by atoms with Gasteiger partial charge in [0, 0.05) is 18.0 Å². The molecule has 0 bridgehead atoms. The highest BCUT2D eigenvalue weighted by molar-refractivity contribution is 5.93. The number of nitrogens with zero attached hydrogens (tertiary/aromatic N) is 4. The molecule has 0 fully saturated rings. The predicted molar refractivity (Wildman–Crippen MR) is 95.1 cm³/mol. The Hall–Kier alpha value is -4.19. The molecular formula is C18H14N6O3. The standard InChI is InChI=1S/C18H14N6O3/c19-9-13(17-21-23-24-22-17)10-20-14-6-7-15(16(25)8-14)18(26)27-11-12-4-2-1-3-5-12/h1-8,10,20,25H,11H2,(H,21,22,23,24). The average Bonchev–Trinajstić information content (AvgIpc) is 3.22. The van der Waals surface area contributed by atoms with Gasteiger partial charge in [-0.05, 0) is 22.9 Å². The van der Waals surface area contributed by atoms with E-state index >= 15 is 0 Å². The molecule has 9 heteroatoms. The summed E-state index contributed by atoms with van der Waals surface area (Å²) in [6.07, 6.45) is 1.37. The van der Waals surface area contributed by atoms with Crippen molar-refractivity contribution in [3.8, 4) is 11.8 Å². The van der Waals surface area contributed by atoms with Crippen LogP contribution in [0.15, 0.2) is 54.7 Å². The van der Waals surface area contributed by atoms with E-state index in [-0.39, 0.29) is 29.3 Å². The SMILES string of the molecule is N#CC(=CNc1ccc(C(=O)OCc2ccccc2)c(O)c1)c1nn[nH]n1. The van der Waals surface area contributed by atoms with Crippen molar-refractivity contribution < 1.29 is 14.6 Å². The number of ether oxygens (including phenoxy) is 1. The number of allylic oxidation sites excluding steroid dienone is 1. The van der Waals surface area contributed by atoms with Crippen LogP contribution < -0.4 is 5.32 Å². The van der Waals surface area contributed by atoms with Gasteiger partial charge in [-0.2, -0.15) is 10.5 Å². The van der Waals surface area contributed by atoms with Crippen LogP contribution >= 0.6 is 0 Å². The minimum Gasteiger partial charge on any atom is -0.507 e.